The molecule has 0 amide bonds. The van der Waals surface area contributed by atoms with Crippen LogP contribution in [0.4, 0.5) is 17.1 Å². The average Bonchev–Trinajstić information content (AvgIpc) is 3.59. The van der Waals surface area contributed by atoms with Crippen molar-refractivity contribution in [2.75, 3.05) is 4.90 Å². The lowest BCUT2D eigenvalue weighted by molar-refractivity contribution is -0.0451. The fourth-order valence-corrected chi connectivity index (χ4v) is 14.1. The summed E-state index contributed by atoms with van der Waals surface area (Å²) in [6.07, 6.45) is 9.30. The van der Waals surface area contributed by atoms with Gasteiger partial charge in [-0.2, -0.15) is 0 Å². The van der Waals surface area contributed by atoms with Crippen LogP contribution in [0.25, 0.3) is 31.3 Å². The van der Waals surface area contributed by atoms with Gasteiger partial charge in [-0.1, -0.05) is 100 Å². The Bertz CT molecular complexity index is 2720. The van der Waals surface area contributed by atoms with Crippen LogP contribution in [0.5, 0.6) is 11.5 Å². The van der Waals surface area contributed by atoms with Crippen LogP contribution in [-0.4, -0.2) is 0 Å². The van der Waals surface area contributed by atoms with Gasteiger partial charge in [0.05, 0.1) is 0 Å². The van der Waals surface area contributed by atoms with Crippen LogP contribution in [0.3, 0.4) is 0 Å². The minimum absolute atomic E-state index is 0.0452. The van der Waals surface area contributed by atoms with Gasteiger partial charge in [0, 0.05) is 59.3 Å². The molecule has 1 aliphatic heterocycles. The molecule has 4 bridgehead atoms. The molecule has 7 aromatic rings. The Hall–Kier alpha value is -4.86. The second-order valence-corrected chi connectivity index (χ2v) is 20.7. The van der Waals surface area contributed by atoms with Crippen LogP contribution in [0.2, 0.25) is 0 Å². The molecule has 0 radical (unpaired) electrons. The van der Waals surface area contributed by atoms with Crippen molar-refractivity contribution in [1.29, 1.82) is 0 Å². The van der Waals surface area contributed by atoms with Gasteiger partial charge in [0.15, 0.2) is 0 Å². The fraction of sp³-hybridized carbons (Fsp3) is 0.333. The molecule has 0 unspecified atom stereocenters. The highest BCUT2D eigenvalue weighted by Crippen LogP contribution is 2.69. The first-order valence-electron chi connectivity index (χ1n) is 21.6. The minimum Gasteiger partial charge on any atom is -0.456 e. The standard InChI is InChI=1S/C54H51NOS/c1-52(2)24-25-53(3,4)47-32-40(20-22-44(47)52)55(39-21-23-50-43(31-39)42-10-5-8-15-49(42)57-50)38-18-16-35(17-19-38)41-11-9-13-46-51(41)56-48-14-7-6-12-45(48)54(46)36-27-33-26-34(29-36)30-37(54)28-33/h5-23,31-34,36-37H,24-30H2,1-4H3. The summed E-state index contributed by atoms with van der Waals surface area (Å²) in [5.41, 5.74) is 12.2. The van der Waals surface area contributed by atoms with E-state index in [0.29, 0.717) is 11.8 Å². The number of hydrogen-bond acceptors (Lipinski definition) is 3. The predicted octanol–water partition coefficient (Wildman–Crippen LogP) is 15.4. The first-order valence-corrected chi connectivity index (χ1v) is 22.4. The second-order valence-electron chi connectivity index (χ2n) is 19.6. The van der Waals surface area contributed by atoms with Gasteiger partial charge in [-0.25, -0.2) is 0 Å². The maximum atomic E-state index is 7.06. The van der Waals surface area contributed by atoms with E-state index in [-0.39, 0.29) is 16.2 Å². The number of nitrogens with zero attached hydrogens (tertiary/aromatic N) is 1. The lowest BCUT2D eigenvalue weighted by Gasteiger charge is -2.63. The van der Waals surface area contributed by atoms with Gasteiger partial charge in [0.1, 0.15) is 11.5 Å². The van der Waals surface area contributed by atoms with Gasteiger partial charge in [-0.05, 0) is 151 Å². The van der Waals surface area contributed by atoms with Crippen LogP contribution in [0, 0.1) is 23.7 Å². The first-order chi connectivity index (χ1) is 27.7. The van der Waals surface area contributed by atoms with Gasteiger partial charge in [-0.15, -0.1) is 11.3 Å². The lowest BCUT2D eigenvalue weighted by Crippen LogP contribution is -2.57. The lowest BCUT2D eigenvalue weighted by atomic mass is 9.41. The number of para-hydroxylation sites is 2. The summed E-state index contributed by atoms with van der Waals surface area (Å²) in [5.74, 6) is 5.34. The highest BCUT2D eigenvalue weighted by molar-refractivity contribution is 7.25. The Morgan fingerprint density at radius 3 is 1.95 bits per heavy atom. The van der Waals surface area contributed by atoms with Crippen LogP contribution >= 0.6 is 11.3 Å². The quantitative estimate of drug-likeness (QED) is 0.177. The van der Waals surface area contributed by atoms with Crippen LogP contribution < -0.4 is 9.64 Å². The van der Waals surface area contributed by atoms with Crippen molar-refractivity contribution in [2.45, 2.75) is 88.9 Å². The van der Waals surface area contributed by atoms with Crippen molar-refractivity contribution in [3.63, 3.8) is 0 Å². The van der Waals surface area contributed by atoms with Crippen molar-refractivity contribution < 1.29 is 4.74 Å². The fourth-order valence-electron chi connectivity index (χ4n) is 13.0. The molecule has 57 heavy (non-hydrogen) atoms. The van der Waals surface area contributed by atoms with Crippen molar-refractivity contribution in [1.82, 2.24) is 0 Å². The molecule has 284 valence electrons. The summed E-state index contributed by atoms with van der Waals surface area (Å²) in [5, 5.41) is 2.65. The molecule has 0 saturated heterocycles. The predicted molar refractivity (Wildman–Crippen MR) is 239 cm³/mol. The Morgan fingerprint density at radius 2 is 1.16 bits per heavy atom. The summed E-state index contributed by atoms with van der Waals surface area (Å²) in [6, 6.07) is 48.7. The van der Waals surface area contributed by atoms with E-state index >= 15 is 0 Å². The first kappa shape index (κ1) is 34.2. The molecule has 4 fully saturated rings. The Kier molecular flexibility index (Phi) is 7.25. The van der Waals surface area contributed by atoms with Crippen molar-refractivity contribution >= 4 is 48.6 Å². The van der Waals surface area contributed by atoms with E-state index in [1.807, 2.05) is 11.3 Å². The molecule has 0 atom stereocenters. The normalized spacial score (nSPS) is 25.9. The Labute approximate surface area is 341 Å². The van der Waals surface area contributed by atoms with Gasteiger partial charge in [-0.3, -0.25) is 0 Å². The Morgan fingerprint density at radius 1 is 0.526 bits per heavy atom. The van der Waals surface area contributed by atoms with Crippen molar-refractivity contribution in [2.24, 2.45) is 23.7 Å². The molecule has 2 nitrogen and oxygen atoms in total. The summed E-state index contributed by atoms with van der Waals surface area (Å²) < 4.78 is 9.73. The molecule has 3 heteroatoms. The summed E-state index contributed by atoms with van der Waals surface area (Å²) in [4.78, 5) is 2.49. The largest absolute Gasteiger partial charge is 0.456 e. The number of thiophene rings is 1. The Balaban J connectivity index is 0.999. The number of rotatable bonds is 4. The van der Waals surface area contributed by atoms with Crippen molar-refractivity contribution in [3.8, 4) is 22.6 Å². The molecular weight excluding hydrogens is 711 g/mol. The minimum atomic E-state index is 0.0452. The molecule has 4 saturated carbocycles. The highest BCUT2D eigenvalue weighted by atomic mass is 32.1. The van der Waals surface area contributed by atoms with Crippen molar-refractivity contribution in [3.05, 3.63) is 150 Å². The number of benzene rings is 6. The van der Waals surface area contributed by atoms with E-state index in [4.69, 9.17) is 4.74 Å². The molecular formula is C54H51NOS. The van der Waals surface area contributed by atoms with Gasteiger partial charge in [0.2, 0.25) is 0 Å². The topological polar surface area (TPSA) is 12.5 Å². The van der Waals surface area contributed by atoms with Gasteiger partial charge < -0.3 is 9.64 Å². The summed E-state index contributed by atoms with van der Waals surface area (Å²) in [6.45, 7) is 9.70. The van der Waals surface area contributed by atoms with Gasteiger partial charge in [0.25, 0.3) is 0 Å². The van der Waals surface area contributed by atoms with E-state index in [1.165, 1.54) is 116 Å². The molecule has 6 aliphatic rings. The van der Waals surface area contributed by atoms with Crippen LogP contribution in [0.15, 0.2) is 127 Å². The molecule has 13 rings (SSSR count). The second kappa shape index (κ2) is 12.1. The maximum Gasteiger partial charge on any atom is 0.139 e. The molecule has 5 aliphatic carbocycles. The molecule has 1 spiro atoms. The van der Waals surface area contributed by atoms with E-state index in [2.05, 4.69) is 160 Å². The van der Waals surface area contributed by atoms with Crippen LogP contribution in [-0.2, 0) is 16.2 Å². The van der Waals surface area contributed by atoms with E-state index in [9.17, 15) is 0 Å². The molecule has 6 aromatic carbocycles. The van der Waals surface area contributed by atoms with E-state index in [0.717, 1.165) is 23.3 Å². The zero-order valence-corrected chi connectivity index (χ0v) is 34.5. The summed E-state index contributed by atoms with van der Waals surface area (Å²) in [7, 11) is 0. The SMILES string of the molecule is CC1(C)CCC(C)(C)c2cc(N(c3ccc(-c4cccc5c4Oc4ccccc4C54C5CC6CC(C5)CC4C6)cc3)c3ccc4sc5ccccc5c4c3)ccc21. The third-order valence-corrected chi connectivity index (χ3v) is 16.7. The number of hydrogen-bond donors (Lipinski definition) is 0. The smallest absolute Gasteiger partial charge is 0.139 e. The maximum absolute atomic E-state index is 7.06. The molecule has 0 N–H and O–H groups in total. The molecule has 2 heterocycles. The number of ether oxygens (including phenoxy) is 1. The number of fused-ring (bicyclic) bond motifs is 6. The molecule has 1 aromatic heterocycles. The third-order valence-electron chi connectivity index (χ3n) is 15.6. The third kappa shape index (κ3) is 4.94. The highest BCUT2D eigenvalue weighted by Gasteiger charge is 2.61. The van der Waals surface area contributed by atoms with E-state index in [1.54, 1.807) is 0 Å². The summed E-state index contributed by atoms with van der Waals surface area (Å²) >= 11 is 1.88. The van der Waals surface area contributed by atoms with E-state index < -0.39 is 0 Å². The zero-order chi connectivity index (χ0) is 38.3. The van der Waals surface area contributed by atoms with Gasteiger partial charge >= 0.3 is 0 Å². The monoisotopic (exact) mass is 761 g/mol. The number of anilines is 3. The van der Waals surface area contributed by atoms with Crippen LogP contribution in [0.1, 0.15) is 94.9 Å². The zero-order valence-electron chi connectivity index (χ0n) is 33.6. The average molecular weight is 762 g/mol.